The van der Waals surface area contributed by atoms with Crippen LogP contribution in [0.25, 0.3) is 11.3 Å². The van der Waals surface area contributed by atoms with Crippen LogP contribution in [0, 0.1) is 5.92 Å². The molecule has 2 heterocycles. The summed E-state index contributed by atoms with van der Waals surface area (Å²) in [6.45, 7) is 1.46. The molecule has 1 atom stereocenters. The molecule has 0 saturated carbocycles. The van der Waals surface area contributed by atoms with E-state index in [4.69, 9.17) is 5.11 Å². The summed E-state index contributed by atoms with van der Waals surface area (Å²) in [5.41, 5.74) is 2.06. The van der Waals surface area contributed by atoms with Crippen LogP contribution in [0.4, 0.5) is 5.13 Å². The number of nitrogens with zero attached hydrogens (tertiary/aromatic N) is 2. The highest BCUT2D eigenvalue weighted by Gasteiger charge is 2.26. The number of thiazole rings is 1. The minimum absolute atomic E-state index is 0.271. The van der Waals surface area contributed by atoms with E-state index in [2.05, 4.69) is 9.88 Å². The maximum absolute atomic E-state index is 11.1. The van der Waals surface area contributed by atoms with Gasteiger partial charge in [0.15, 0.2) is 5.13 Å². The summed E-state index contributed by atoms with van der Waals surface area (Å²) in [5, 5.41) is 12.1. The average molecular weight is 288 g/mol. The van der Waals surface area contributed by atoms with E-state index >= 15 is 0 Å². The Hall–Kier alpha value is -1.88. The molecule has 104 valence electrons. The summed E-state index contributed by atoms with van der Waals surface area (Å²) in [6, 6.07) is 10.1. The molecule has 3 rings (SSSR count). The van der Waals surface area contributed by atoms with Crippen LogP contribution in [0.15, 0.2) is 35.7 Å². The Morgan fingerprint density at radius 2 is 2.15 bits per heavy atom. The van der Waals surface area contributed by atoms with Crippen molar-refractivity contribution in [3.8, 4) is 11.3 Å². The summed E-state index contributed by atoms with van der Waals surface area (Å²) < 4.78 is 0. The smallest absolute Gasteiger partial charge is 0.308 e. The zero-order valence-corrected chi connectivity index (χ0v) is 11.8. The van der Waals surface area contributed by atoms with E-state index in [1.807, 2.05) is 35.7 Å². The van der Waals surface area contributed by atoms with Gasteiger partial charge in [0.1, 0.15) is 0 Å². The first kappa shape index (κ1) is 13.1. The predicted molar refractivity (Wildman–Crippen MR) is 80.1 cm³/mol. The van der Waals surface area contributed by atoms with E-state index in [0.29, 0.717) is 6.54 Å². The highest BCUT2D eigenvalue weighted by Crippen LogP contribution is 2.30. The molecule has 1 saturated heterocycles. The van der Waals surface area contributed by atoms with Crippen LogP contribution in [0.2, 0.25) is 0 Å². The number of aromatic nitrogens is 1. The predicted octanol–water partition coefficient (Wildman–Crippen LogP) is 3.11. The van der Waals surface area contributed by atoms with Crippen LogP contribution in [-0.4, -0.2) is 29.1 Å². The van der Waals surface area contributed by atoms with E-state index in [9.17, 15) is 4.79 Å². The Bertz CT molecular complexity index is 597. The molecule has 0 aliphatic carbocycles. The van der Waals surface area contributed by atoms with Crippen molar-refractivity contribution in [2.45, 2.75) is 12.8 Å². The Kier molecular flexibility index (Phi) is 3.69. The third-order valence-electron chi connectivity index (χ3n) is 3.60. The van der Waals surface area contributed by atoms with Crippen LogP contribution in [0.1, 0.15) is 12.8 Å². The van der Waals surface area contributed by atoms with Crippen molar-refractivity contribution in [2.24, 2.45) is 5.92 Å². The largest absolute Gasteiger partial charge is 0.481 e. The number of carbonyl (C=O) groups is 1. The lowest BCUT2D eigenvalue weighted by molar-refractivity contribution is -0.141. The molecule has 20 heavy (non-hydrogen) atoms. The van der Waals surface area contributed by atoms with Gasteiger partial charge in [-0.1, -0.05) is 30.3 Å². The molecule has 1 fully saturated rings. The molecule has 0 unspecified atom stereocenters. The first-order valence-corrected chi connectivity index (χ1v) is 7.61. The van der Waals surface area contributed by atoms with Crippen LogP contribution >= 0.6 is 11.3 Å². The quantitative estimate of drug-likeness (QED) is 0.943. The molecule has 2 aromatic rings. The van der Waals surface area contributed by atoms with E-state index in [1.54, 1.807) is 11.3 Å². The number of hydrogen-bond acceptors (Lipinski definition) is 4. The second-order valence-electron chi connectivity index (χ2n) is 5.00. The zero-order chi connectivity index (χ0) is 13.9. The van der Waals surface area contributed by atoms with Gasteiger partial charge in [-0.25, -0.2) is 4.98 Å². The van der Waals surface area contributed by atoms with E-state index in [-0.39, 0.29) is 5.92 Å². The fourth-order valence-electron chi connectivity index (χ4n) is 2.50. The number of benzene rings is 1. The van der Waals surface area contributed by atoms with Crippen molar-refractivity contribution >= 4 is 22.4 Å². The molecule has 1 N–H and O–H groups in total. The molecule has 0 spiro atoms. The lowest BCUT2D eigenvalue weighted by Crippen LogP contribution is -2.38. The lowest BCUT2D eigenvalue weighted by Gasteiger charge is -2.30. The number of hydrogen-bond donors (Lipinski definition) is 1. The molecule has 1 aliphatic heterocycles. The van der Waals surface area contributed by atoms with Crippen LogP contribution in [0.5, 0.6) is 0 Å². The highest BCUT2D eigenvalue weighted by atomic mass is 32.1. The van der Waals surface area contributed by atoms with Crippen molar-refractivity contribution in [1.29, 1.82) is 0 Å². The summed E-state index contributed by atoms with van der Waals surface area (Å²) in [5.74, 6) is -0.970. The van der Waals surface area contributed by atoms with Crippen LogP contribution < -0.4 is 4.90 Å². The molecule has 0 bridgehead atoms. The number of rotatable bonds is 3. The second-order valence-corrected chi connectivity index (χ2v) is 5.84. The first-order valence-electron chi connectivity index (χ1n) is 6.73. The van der Waals surface area contributed by atoms with Crippen molar-refractivity contribution in [2.75, 3.05) is 18.0 Å². The topological polar surface area (TPSA) is 53.4 Å². The van der Waals surface area contributed by atoms with Gasteiger partial charge in [-0.15, -0.1) is 11.3 Å². The monoisotopic (exact) mass is 288 g/mol. The number of aliphatic carboxylic acids is 1. The third-order valence-corrected chi connectivity index (χ3v) is 4.50. The zero-order valence-electron chi connectivity index (χ0n) is 11.0. The van der Waals surface area contributed by atoms with Crippen molar-refractivity contribution in [1.82, 2.24) is 4.98 Å². The summed E-state index contributed by atoms with van der Waals surface area (Å²) >= 11 is 1.59. The number of piperidine rings is 1. The Labute approximate surface area is 121 Å². The SMILES string of the molecule is O=C(O)[C@H]1CCCN(c2nc(-c3ccccc3)cs2)C1. The van der Waals surface area contributed by atoms with E-state index < -0.39 is 5.97 Å². The Morgan fingerprint density at radius 1 is 1.35 bits per heavy atom. The van der Waals surface area contributed by atoms with Gasteiger partial charge in [-0.05, 0) is 12.8 Å². The average Bonchev–Trinajstić information content (AvgIpc) is 2.98. The second kappa shape index (κ2) is 5.63. The minimum atomic E-state index is -0.700. The number of carboxylic acid groups (broad SMARTS) is 1. The van der Waals surface area contributed by atoms with Gasteiger partial charge in [0.25, 0.3) is 0 Å². The Balaban J connectivity index is 1.78. The lowest BCUT2D eigenvalue weighted by atomic mass is 9.99. The molecule has 0 radical (unpaired) electrons. The molecule has 1 aliphatic rings. The first-order chi connectivity index (χ1) is 9.74. The third kappa shape index (κ3) is 2.67. The van der Waals surface area contributed by atoms with Crippen LogP contribution in [0.3, 0.4) is 0 Å². The molecule has 1 aromatic carbocycles. The molecular weight excluding hydrogens is 272 g/mol. The minimum Gasteiger partial charge on any atom is -0.481 e. The van der Waals surface area contributed by atoms with Gasteiger partial charge in [-0.2, -0.15) is 0 Å². The summed E-state index contributed by atoms with van der Waals surface area (Å²) in [4.78, 5) is 17.9. The fourth-order valence-corrected chi connectivity index (χ4v) is 3.38. The molecule has 0 amide bonds. The van der Waals surface area contributed by atoms with Gasteiger partial charge >= 0.3 is 5.97 Å². The molecular formula is C15H16N2O2S. The normalized spacial score (nSPS) is 19.0. The van der Waals surface area contributed by atoms with E-state index in [1.165, 1.54) is 0 Å². The van der Waals surface area contributed by atoms with Crippen molar-refractivity contribution < 1.29 is 9.90 Å². The maximum atomic E-state index is 11.1. The summed E-state index contributed by atoms with van der Waals surface area (Å²) in [7, 11) is 0. The van der Waals surface area contributed by atoms with E-state index in [0.717, 1.165) is 35.8 Å². The maximum Gasteiger partial charge on any atom is 0.308 e. The molecule has 4 nitrogen and oxygen atoms in total. The number of carboxylic acids is 1. The van der Waals surface area contributed by atoms with Gasteiger partial charge in [0.2, 0.25) is 0 Å². The van der Waals surface area contributed by atoms with Crippen molar-refractivity contribution in [3.05, 3.63) is 35.7 Å². The van der Waals surface area contributed by atoms with Crippen LogP contribution in [-0.2, 0) is 4.79 Å². The standard InChI is InChI=1S/C15H16N2O2S/c18-14(19)12-7-4-8-17(9-12)15-16-13(10-20-15)11-5-2-1-3-6-11/h1-3,5-6,10,12H,4,7-9H2,(H,18,19)/t12-/m0/s1. The Morgan fingerprint density at radius 3 is 2.90 bits per heavy atom. The number of anilines is 1. The van der Waals surface area contributed by atoms with Gasteiger partial charge < -0.3 is 10.0 Å². The fraction of sp³-hybridized carbons (Fsp3) is 0.333. The summed E-state index contributed by atoms with van der Waals surface area (Å²) in [6.07, 6.45) is 1.68. The molecule has 1 aromatic heterocycles. The van der Waals surface area contributed by atoms with Crippen molar-refractivity contribution in [3.63, 3.8) is 0 Å². The van der Waals surface area contributed by atoms with Gasteiger partial charge in [0.05, 0.1) is 11.6 Å². The highest BCUT2D eigenvalue weighted by molar-refractivity contribution is 7.14. The van der Waals surface area contributed by atoms with Gasteiger partial charge in [0, 0.05) is 24.0 Å². The van der Waals surface area contributed by atoms with Gasteiger partial charge in [-0.3, -0.25) is 4.79 Å². The molecule has 5 heteroatoms.